The Morgan fingerprint density at radius 2 is 1.88 bits per heavy atom. The van der Waals surface area contributed by atoms with Crippen molar-refractivity contribution in [2.45, 2.75) is 13.8 Å². The molecule has 1 atom stereocenters. The first kappa shape index (κ1) is 12.4. The van der Waals surface area contributed by atoms with Crippen LogP contribution in [0.5, 0.6) is 0 Å². The van der Waals surface area contributed by atoms with Crippen molar-refractivity contribution in [1.82, 2.24) is 0 Å². The molecule has 3 heteroatoms. The SMILES string of the molecule is CC(C)C(/C=C/c1ccc(F)cc1)C(=O)O. The molecule has 0 radical (unpaired) electrons. The van der Waals surface area contributed by atoms with Crippen LogP contribution in [0.3, 0.4) is 0 Å². The molecule has 0 spiro atoms. The van der Waals surface area contributed by atoms with Gasteiger partial charge in [-0.1, -0.05) is 38.1 Å². The van der Waals surface area contributed by atoms with Crippen LogP contribution in [0, 0.1) is 17.7 Å². The molecule has 0 aromatic heterocycles. The second-order valence-corrected chi connectivity index (χ2v) is 4.02. The minimum Gasteiger partial charge on any atom is -0.481 e. The maximum absolute atomic E-state index is 12.6. The summed E-state index contributed by atoms with van der Waals surface area (Å²) in [4.78, 5) is 10.9. The van der Waals surface area contributed by atoms with Gasteiger partial charge in [-0.15, -0.1) is 0 Å². The first-order chi connectivity index (χ1) is 7.50. The summed E-state index contributed by atoms with van der Waals surface area (Å²) >= 11 is 0. The molecule has 0 bridgehead atoms. The van der Waals surface area contributed by atoms with Gasteiger partial charge in [0.25, 0.3) is 0 Å². The van der Waals surface area contributed by atoms with E-state index >= 15 is 0 Å². The van der Waals surface area contributed by atoms with Crippen molar-refractivity contribution in [2.75, 3.05) is 0 Å². The average Bonchev–Trinajstić information content (AvgIpc) is 2.20. The number of carboxylic acid groups (broad SMARTS) is 1. The second-order valence-electron chi connectivity index (χ2n) is 4.02. The van der Waals surface area contributed by atoms with Gasteiger partial charge in [-0.3, -0.25) is 4.79 Å². The monoisotopic (exact) mass is 222 g/mol. The summed E-state index contributed by atoms with van der Waals surface area (Å²) in [6.45, 7) is 3.71. The van der Waals surface area contributed by atoms with E-state index in [9.17, 15) is 9.18 Å². The van der Waals surface area contributed by atoms with Crippen LogP contribution in [0.4, 0.5) is 4.39 Å². The highest BCUT2D eigenvalue weighted by molar-refractivity contribution is 5.74. The van der Waals surface area contributed by atoms with Crippen LogP contribution < -0.4 is 0 Å². The van der Waals surface area contributed by atoms with Crippen LogP contribution in [0.1, 0.15) is 19.4 Å². The summed E-state index contributed by atoms with van der Waals surface area (Å²) in [5.41, 5.74) is 0.799. The Balaban J connectivity index is 2.78. The van der Waals surface area contributed by atoms with Crippen molar-refractivity contribution >= 4 is 12.0 Å². The highest BCUT2D eigenvalue weighted by atomic mass is 19.1. The second kappa shape index (κ2) is 5.45. The quantitative estimate of drug-likeness (QED) is 0.849. The number of hydrogen-bond donors (Lipinski definition) is 1. The molecule has 0 saturated carbocycles. The Morgan fingerprint density at radius 1 is 1.31 bits per heavy atom. The third kappa shape index (κ3) is 3.50. The highest BCUT2D eigenvalue weighted by Gasteiger charge is 2.17. The molecule has 1 aromatic rings. The fraction of sp³-hybridized carbons (Fsp3) is 0.308. The predicted octanol–water partition coefficient (Wildman–Crippen LogP) is 3.20. The van der Waals surface area contributed by atoms with Crippen molar-refractivity contribution in [3.63, 3.8) is 0 Å². The van der Waals surface area contributed by atoms with E-state index < -0.39 is 11.9 Å². The first-order valence-electron chi connectivity index (χ1n) is 5.17. The molecular formula is C13H15FO2. The number of aliphatic carboxylic acids is 1. The molecule has 1 rings (SSSR count). The Labute approximate surface area is 94.4 Å². The van der Waals surface area contributed by atoms with Gasteiger partial charge in [0.2, 0.25) is 0 Å². The predicted molar refractivity (Wildman–Crippen MR) is 61.4 cm³/mol. The topological polar surface area (TPSA) is 37.3 Å². The number of halogens is 1. The largest absolute Gasteiger partial charge is 0.481 e. The molecule has 16 heavy (non-hydrogen) atoms. The van der Waals surface area contributed by atoms with E-state index in [-0.39, 0.29) is 11.7 Å². The van der Waals surface area contributed by atoms with E-state index in [0.717, 1.165) is 5.56 Å². The van der Waals surface area contributed by atoms with Crippen molar-refractivity contribution in [2.24, 2.45) is 11.8 Å². The van der Waals surface area contributed by atoms with Gasteiger partial charge >= 0.3 is 5.97 Å². The fourth-order valence-electron chi connectivity index (χ4n) is 1.38. The molecule has 0 saturated heterocycles. The number of carbonyl (C=O) groups is 1. The van der Waals surface area contributed by atoms with Gasteiger partial charge in [0.05, 0.1) is 5.92 Å². The highest BCUT2D eigenvalue weighted by Crippen LogP contribution is 2.15. The Bertz CT molecular complexity index is 379. The summed E-state index contributed by atoms with van der Waals surface area (Å²) in [7, 11) is 0. The Kier molecular flexibility index (Phi) is 4.23. The zero-order valence-corrected chi connectivity index (χ0v) is 9.35. The molecule has 0 aliphatic heterocycles. The van der Waals surface area contributed by atoms with Gasteiger partial charge in [0.1, 0.15) is 5.82 Å². The average molecular weight is 222 g/mol. The maximum Gasteiger partial charge on any atom is 0.310 e. The number of benzene rings is 1. The third-order valence-corrected chi connectivity index (χ3v) is 2.37. The summed E-state index contributed by atoms with van der Waals surface area (Å²) in [6.07, 6.45) is 3.35. The third-order valence-electron chi connectivity index (χ3n) is 2.37. The normalized spacial score (nSPS) is 13.2. The number of carboxylic acids is 1. The smallest absolute Gasteiger partial charge is 0.310 e. The molecule has 0 aliphatic rings. The molecule has 86 valence electrons. The summed E-state index contributed by atoms with van der Waals surface area (Å²) in [5, 5.41) is 8.95. The lowest BCUT2D eigenvalue weighted by Crippen LogP contribution is -2.16. The number of rotatable bonds is 4. The van der Waals surface area contributed by atoms with Gasteiger partial charge in [0.15, 0.2) is 0 Å². The maximum atomic E-state index is 12.6. The van der Waals surface area contributed by atoms with Crippen molar-refractivity contribution in [1.29, 1.82) is 0 Å². The molecule has 0 fully saturated rings. The van der Waals surface area contributed by atoms with Crippen LogP contribution in [0.15, 0.2) is 30.3 Å². The lowest BCUT2D eigenvalue weighted by Gasteiger charge is -2.10. The van der Waals surface area contributed by atoms with Gasteiger partial charge in [-0.05, 0) is 23.6 Å². The Morgan fingerprint density at radius 3 is 2.31 bits per heavy atom. The molecule has 0 heterocycles. The molecule has 1 aromatic carbocycles. The van der Waals surface area contributed by atoms with Crippen molar-refractivity contribution in [3.05, 3.63) is 41.7 Å². The van der Waals surface area contributed by atoms with Crippen molar-refractivity contribution < 1.29 is 14.3 Å². The van der Waals surface area contributed by atoms with Gasteiger partial charge in [-0.2, -0.15) is 0 Å². The minimum absolute atomic E-state index is 0.0363. The standard InChI is InChI=1S/C13H15FO2/c1-9(2)12(13(15)16)8-5-10-3-6-11(14)7-4-10/h3-9,12H,1-2H3,(H,15,16)/b8-5+. The lowest BCUT2D eigenvalue weighted by atomic mass is 9.95. The molecular weight excluding hydrogens is 207 g/mol. The van der Waals surface area contributed by atoms with E-state index in [1.807, 2.05) is 13.8 Å². The molecule has 0 aliphatic carbocycles. The van der Waals surface area contributed by atoms with E-state index in [1.54, 1.807) is 24.3 Å². The van der Waals surface area contributed by atoms with E-state index in [2.05, 4.69) is 0 Å². The fourth-order valence-corrected chi connectivity index (χ4v) is 1.38. The van der Waals surface area contributed by atoms with Crippen LogP contribution in [-0.4, -0.2) is 11.1 Å². The summed E-state index contributed by atoms with van der Waals surface area (Å²) in [5.74, 6) is -1.61. The molecule has 2 nitrogen and oxygen atoms in total. The summed E-state index contributed by atoms with van der Waals surface area (Å²) in [6, 6.07) is 5.94. The molecule has 0 amide bonds. The van der Waals surface area contributed by atoms with Gasteiger partial charge < -0.3 is 5.11 Å². The van der Waals surface area contributed by atoms with Crippen LogP contribution in [0.25, 0.3) is 6.08 Å². The van der Waals surface area contributed by atoms with Crippen LogP contribution in [-0.2, 0) is 4.79 Å². The minimum atomic E-state index is -0.839. The zero-order chi connectivity index (χ0) is 12.1. The van der Waals surface area contributed by atoms with E-state index in [0.29, 0.717) is 0 Å². The lowest BCUT2D eigenvalue weighted by molar-refractivity contribution is -0.141. The van der Waals surface area contributed by atoms with Gasteiger partial charge in [0, 0.05) is 0 Å². The van der Waals surface area contributed by atoms with Crippen LogP contribution in [0.2, 0.25) is 0 Å². The number of hydrogen-bond acceptors (Lipinski definition) is 1. The first-order valence-corrected chi connectivity index (χ1v) is 5.17. The molecule has 1 unspecified atom stereocenters. The van der Waals surface area contributed by atoms with Gasteiger partial charge in [-0.25, -0.2) is 4.39 Å². The van der Waals surface area contributed by atoms with E-state index in [1.165, 1.54) is 12.1 Å². The van der Waals surface area contributed by atoms with E-state index in [4.69, 9.17) is 5.11 Å². The molecule has 1 N–H and O–H groups in total. The van der Waals surface area contributed by atoms with Crippen LogP contribution >= 0.6 is 0 Å². The van der Waals surface area contributed by atoms with Crippen molar-refractivity contribution in [3.8, 4) is 0 Å². The summed E-state index contributed by atoms with van der Waals surface area (Å²) < 4.78 is 12.6. The Hall–Kier alpha value is -1.64. The zero-order valence-electron chi connectivity index (χ0n) is 9.35.